The molecule has 88 valence electrons. The van der Waals surface area contributed by atoms with Crippen molar-refractivity contribution in [3.63, 3.8) is 0 Å². The summed E-state index contributed by atoms with van der Waals surface area (Å²) in [6, 6.07) is 11.4. The summed E-state index contributed by atoms with van der Waals surface area (Å²) < 4.78 is 5.32. The maximum atomic E-state index is 10.9. The number of carboxylic acid groups (broad SMARTS) is 1. The van der Waals surface area contributed by atoms with Gasteiger partial charge in [0.25, 0.3) is 0 Å². The van der Waals surface area contributed by atoms with Crippen molar-refractivity contribution in [1.82, 2.24) is 0 Å². The van der Waals surface area contributed by atoms with Crippen LogP contribution in [0.4, 0.5) is 0 Å². The fraction of sp³-hybridized carbons (Fsp3) is 0.214. The minimum absolute atomic E-state index is 0.0383. The van der Waals surface area contributed by atoms with Gasteiger partial charge in [0, 0.05) is 0 Å². The van der Waals surface area contributed by atoms with Gasteiger partial charge in [0.1, 0.15) is 5.76 Å². The van der Waals surface area contributed by atoms with Gasteiger partial charge >= 0.3 is 5.97 Å². The molecule has 0 aliphatic rings. The van der Waals surface area contributed by atoms with Crippen LogP contribution in [0.5, 0.6) is 0 Å². The predicted octanol–water partition coefficient (Wildman–Crippen LogP) is 3.19. The SMILES string of the molecule is Cc1ccc([C@@H](CC(=O)O)c2ccco2)cc1. The highest BCUT2D eigenvalue weighted by atomic mass is 16.4. The molecule has 3 nitrogen and oxygen atoms in total. The van der Waals surface area contributed by atoms with E-state index in [1.165, 1.54) is 0 Å². The fourth-order valence-corrected chi connectivity index (χ4v) is 1.85. The van der Waals surface area contributed by atoms with E-state index >= 15 is 0 Å². The third-order valence-electron chi connectivity index (χ3n) is 2.75. The molecule has 2 rings (SSSR count). The van der Waals surface area contributed by atoms with Crippen LogP contribution >= 0.6 is 0 Å². The van der Waals surface area contributed by atoms with Gasteiger partial charge in [0.2, 0.25) is 0 Å². The summed E-state index contributed by atoms with van der Waals surface area (Å²) in [7, 11) is 0. The van der Waals surface area contributed by atoms with Gasteiger partial charge in [-0.25, -0.2) is 0 Å². The van der Waals surface area contributed by atoms with Crippen LogP contribution in [0.1, 0.15) is 29.2 Å². The zero-order valence-corrected chi connectivity index (χ0v) is 9.59. The second kappa shape index (κ2) is 4.87. The van der Waals surface area contributed by atoms with Crippen molar-refractivity contribution in [1.29, 1.82) is 0 Å². The molecular weight excluding hydrogens is 216 g/mol. The summed E-state index contributed by atoms with van der Waals surface area (Å²) in [6.07, 6.45) is 1.61. The molecule has 0 unspecified atom stereocenters. The van der Waals surface area contributed by atoms with Crippen LogP contribution in [0.25, 0.3) is 0 Å². The van der Waals surface area contributed by atoms with Crippen molar-refractivity contribution in [2.24, 2.45) is 0 Å². The molecule has 1 aromatic carbocycles. The first-order valence-corrected chi connectivity index (χ1v) is 5.48. The Labute approximate surface area is 99.7 Å². The number of aryl methyl sites for hydroxylation is 1. The molecule has 3 heteroatoms. The normalized spacial score (nSPS) is 12.3. The molecule has 1 aromatic heterocycles. The molecule has 0 spiro atoms. The van der Waals surface area contributed by atoms with E-state index in [9.17, 15) is 4.79 Å². The van der Waals surface area contributed by atoms with Crippen LogP contribution in [0, 0.1) is 6.92 Å². The van der Waals surface area contributed by atoms with Crippen LogP contribution in [0.2, 0.25) is 0 Å². The Morgan fingerprint density at radius 2 is 2.00 bits per heavy atom. The van der Waals surface area contributed by atoms with Gasteiger partial charge in [-0.05, 0) is 24.6 Å². The first kappa shape index (κ1) is 11.5. The van der Waals surface area contributed by atoms with Gasteiger partial charge in [-0.2, -0.15) is 0 Å². The highest BCUT2D eigenvalue weighted by Crippen LogP contribution is 2.28. The Kier molecular flexibility index (Phi) is 3.28. The van der Waals surface area contributed by atoms with Gasteiger partial charge in [-0.15, -0.1) is 0 Å². The average Bonchev–Trinajstić information content (AvgIpc) is 2.80. The highest BCUT2D eigenvalue weighted by molar-refractivity contribution is 5.68. The molecule has 0 aliphatic heterocycles. The number of aliphatic carboxylic acids is 1. The van der Waals surface area contributed by atoms with Crippen molar-refractivity contribution in [2.75, 3.05) is 0 Å². The topological polar surface area (TPSA) is 50.4 Å². The second-order valence-corrected chi connectivity index (χ2v) is 4.08. The summed E-state index contributed by atoms with van der Waals surface area (Å²) in [5.41, 5.74) is 2.12. The summed E-state index contributed by atoms with van der Waals surface area (Å²) in [6.45, 7) is 2.00. The van der Waals surface area contributed by atoms with E-state index in [4.69, 9.17) is 9.52 Å². The number of furan rings is 1. The highest BCUT2D eigenvalue weighted by Gasteiger charge is 2.20. The van der Waals surface area contributed by atoms with Gasteiger partial charge in [0.15, 0.2) is 0 Å². The van der Waals surface area contributed by atoms with E-state index in [1.54, 1.807) is 12.3 Å². The molecular formula is C14H14O3. The largest absolute Gasteiger partial charge is 0.481 e. The quantitative estimate of drug-likeness (QED) is 0.877. The second-order valence-electron chi connectivity index (χ2n) is 4.08. The Morgan fingerprint density at radius 3 is 2.53 bits per heavy atom. The molecule has 0 saturated carbocycles. The Bertz CT molecular complexity index is 483. The Balaban J connectivity index is 2.33. The van der Waals surface area contributed by atoms with Crippen molar-refractivity contribution in [2.45, 2.75) is 19.3 Å². The average molecular weight is 230 g/mol. The van der Waals surface area contributed by atoms with Gasteiger partial charge < -0.3 is 9.52 Å². The lowest BCUT2D eigenvalue weighted by Gasteiger charge is -2.12. The standard InChI is InChI=1S/C14H14O3/c1-10-4-6-11(7-5-10)12(9-14(15)16)13-3-2-8-17-13/h2-8,12H,9H2,1H3,(H,15,16)/t12-/m1/s1. The van der Waals surface area contributed by atoms with E-state index in [2.05, 4.69) is 0 Å². The molecule has 0 fully saturated rings. The van der Waals surface area contributed by atoms with Crippen LogP contribution in [0.15, 0.2) is 47.1 Å². The first-order chi connectivity index (χ1) is 8.16. The zero-order valence-electron chi connectivity index (χ0n) is 9.59. The Hall–Kier alpha value is -2.03. The van der Waals surface area contributed by atoms with Crippen molar-refractivity contribution in [3.05, 3.63) is 59.5 Å². The van der Waals surface area contributed by atoms with Crippen LogP contribution in [-0.4, -0.2) is 11.1 Å². The summed E-state index contributed by atoms with van der Waals surface area (Å²) >= 11 is 0. The maximum absolute atomic E-state index is 10.9. The van der Waals surface area contributed by atoms with Crippen LogP contribution < -0.4 is 0 Å². The third kappa shape index (κ3) is 2.75. The van der Waals surface area contributed by atoms with Gasteiger partial charge in [-0.1, -0.05) is 29.8 Å². The minimum atomic E-state index is -0.827. The Morgan fingerprint density at radius 1 is 1.29 bits per heavy atom. The maximum Gasteiger partial charge on any atom is 0.304 e. The van der Waals surface area contributed by atoms with E-state index in [1.807, 2.05) is 37.3 Å². The van der Waals surface area contributed by atoms with Crippen molar-refractivity contribution < 1.29 is 14.3 Å². The monoisotopic (exact) mass is 230 g/mol. The number of hydrogen-bond acceptors (Lipinski definition) is 2. The third-order valence-corrected chi connectivity index (χ3v) is 2.75. The molecule has 1 heterocycles. The molecule has 1 atom stereocenters. The number of rotatable bonds is 4. The smallest absolute Gasteiger partial charge is 0.304 e. The lowest BCUT2D eigenvalue weighted by atomic mass is 9.93. The van der Waals surface area contributed by atoms with E-state index < -0.39 is 5.97 Å². The van der Waals surface area contributed by atoms with Gasteiger partial charge in [0.05, 0.1) is 18.6 Å². The molecule has 0 bridgehead atoms. The molecule has 0 radical (unpaired) electrons. The van der Waals surface area contributed by atoms with Crippen molar-refractivity contribution in [3.8, 4) is 0 Å². The first-order valence-electron chi connectivity index (χ1n) is 5.48. The predicted molar refractivity (Wildman–Crippen MR) is 64.0 cm³/mol. The number of carbonyl (C=O) groups is 1. The lowest BCUT2D eigenvalue weighted by Crippen LogP contribution is -2.07. The van der Waals surface area contributed by atoms with Crippen LogP contribution in [-0.2, 0) is 4.79 Å². The molecule has 2 aromatic rings. The summed E-state index contributed by atoms with van der Waals surface area (Å²) in [5, 5.41) is 8.96. The molecule has 0 aliphatic carbocycles. The van der Waals surface area contributed by atoms with Crippen LogP contribution in [0.3, 0.4) is 0 Å². The van der Waals surface area contributed by atoms with E-state index in [0.717, 1.165) is 11.1 Å². The number of benzene rings is 1. The number of carboxylic acids is 1. The minimum Gasteiger partial charge on any atom is -0.481 e. The molecule has 0 saturated heterocycles. The molecule has 1 N–H and O–H groups in total. The number of hydrogen-bond donors (Lipinski definition) is 1. The van der Waals surface area contributed by atoms with E-state index in [-0.39, 0.29) is 12.3 Å². The molecule has 0 amide bonds. The van der Waals surface area contributed by atoms with Gasteiger partial charge in [-0.3, -0.25) is 4.79 Å². The van der Waals surface area contributed by atoms with E-state index in [0.29, 0.717) is 5.76 Å². The zero-order chi connectivity index (χ0) is 12.3. The summed E-state index contributed by atoms with van der Waals surface area (Å²) in [5.74, 6) is -0.355. The lowest BCUT2D eigenvalue weighted by molar-refractivity contribution is -0.137. The molecule has 17 heavy (non-hydrogen) atoms. The summed E-state index contributed by atoms with van der Waals surface area (Å²) in [4.78, 5) is 10.9. The fourth-order valence-electron chi connectivity index (χ4n) is 1.85. The van der Waals surface area contributed by atoms with Crippen molar-refractivity contribution >= 4 is 5.97 Å².